The first-order chi connectivity index (χ1) is 16.3. The van der Waals surface area contributed by atoms with E-state index in [2.05, 4.69) is 30.4 Å². The number of carbonyl (C=O) groups excluding carboxylic acids is 2. The lowest BCUT2D eigenvalue weighted by Crippen LogP contribution is -2.46. The average molecular weight is 472 g/mol. The summed E-state index contributed by atoms with van der Waals surface area (Å²) in [4.78, 5) is 24.6. The van der Waals surface area contributed by atoms with Crippen LogP contribution < -0.4 is 10.1 Å². The fourth-order valence-corrected chi connectivity index (χ4v) is 6.68. The predicted octanol–water partition coefficient (Wildman–Crippen LogP) is 3.49. The first-order valence-corrected chi connectivity index (χ1v) is 12.5. The molecule has 3 aliphatic rings. The van der Waals surface area contributed by atoms with Crippen molar-refractivity contribution in [2.75, 3.05) is 20.3 Å². The Labute approximate surface area is 201 Å². The van der Waals surface area contributed by atoms with E-state index in [1.54, 1.807) is 21.0 Å². The van der Waals surface area contributed by atoms with Crippen LogP contribution in [0.3, 0.4) is 0 Å². The van der Waals surface area contributed by atoms with Crippen molar-refractivity contribution in [3.8, 4) is 5.75 Å². The molecule has 0 amide bonds. The molecule has 3 aliphatic carbocycles. The molecule has 2 fully saturated rings. The number of rotatable bonds is 7. The monoisotopic (exact) mass is 471 g/mol. The number of benzene rings is 1. The molecule has 0 radical (unpaired) electrons. The number of aliphatic hydroxyl groups is 1. The van der Waals surface area contributed by atoms with Crippen molar-refractivity contribution in [3.05, 3.63) is 41.1 Å². The number of esters is 2. The zero-order valence-corrected chi connectivity index (χ0v) is 20.6. The zero-order chi connectivity index (χ0) is 24.5. The van der Waals surface area contributed by atoms with E-state index in [1.807, 2.05) is 0 Å². The molecule has 0 aliphatic heterocycles. The molecular weight excluding hydrogens is 434 g/mol. The van der Waals surface area contributed by atoms with Gasteiger partial charge in [0.15, 0.2) is 5.57 Å². The summed E-state index contributed by atoms with van der Waals surface area (Å²) in [5, 5.41) is 14.5. The Morgan fingerprint density at radius 2 is 1.88 bits per heavy atom. The number of hydrogen-bond donors (Lipinski definition) is 2. The predicted molar refractivity (Wildman–Crippen MR) is 127 cm³/mol. The van der Waals surface area contributed by atoms with Gasteiger partial charge in [0.1, 0.15) is 5.75 Å². The highest BCUT2D eigenvalue weighted by Gasteiger charge is 2.57. The van der Waals surface area contributed by atoms with Gasteiger partial charge in [-0.05, 0) is 92.4 Å². The number of aliphatic hydroxyl groups excluding tert-OH is 1. The highest BCUT2D eigenvalue weighted by atomic mass is 16.6. The molecule has 0 heterocycles. The van der Waals surface area contributed by atoms with Crippen molar-refractivity contribution in [3.63, 3.8) is 0 Å². The lowest BCUT2D eigenvalue weighted by molar-refractivity contribution is -0.146. The molecule has 4 rings (SSSR count). The molecule has 2 N–H and O–H groups in total. The van der Waals surface area contributed by atoms with Crippen LogP contribution in [0.1, 0.15) is 63.5 Å². The molecule has 7 heteroatoms. The molecule has 0 aromatic heterocycles. The summed E-state index contributed by atoms with van der Waals surface area (Å²) in [7, 11) is 1.70. The SMILES string of the molecule is CCOC(=O)C(=CN[C@@H]1C[C@H]2[C@@H]3CCc4cc(OC)ccc4[C@H]3CC[C@]2(C)[C@@H]1O)C(=O)OCC. The van der Waals surface area contributed by atoms with Gasteiger partial charge in [-0.2, -0.15) is 0 Å². The number of fused-ring (bicyclic) bond motifs is 5. The Morgan fingerprint density at radius 1 is 1.18 bits per heavy atom. The number of carbonyl (C=O) groups is 2. The Kier molecular flexibility index (Phi) is 7.22. The zero-order valence-electron chi connectivity index (χ0n) is 20.6. The third-order valence-corrected chi connectivity index (χ3v) is 8.37. The summed E-state index contributed by atoms with van der Waals surface area (Å²) < 4.78 is 15.5. The Morgan fingerprint density at radius 3 is 2.53 bits per heavy atom. The molecule has 1 aromatic carbocycles. The second-order valence-corrected chi connectivity index (χ2v) is 9.98. The summed E-state index contributed by atoms with van der Waals surface area (Å²) in [5.74, 6) is 0.816. The van der Waals surface area contributed by atoms with Gasteiger partial charge >= 0.3 is 11.9 Å². The lowest BCUT2D eigenvalue weighted by atomic mass is 9.55. The van der Waals surface area contributed by atoms with Gasteiger partial charge in [-0.3, -0.25) is 0 Å². The number of ether oxygens (including phenoxy) is 3. The van der Waals surface area contributed by atoms with Crippen molar-refractivity contribution in [2.45, 2.75) is 70.9 Å². The third kappa shape index (κ3) is 4.30. The van der Waals surface area contributed by atoms with Crippen LogP contribution in [0.2, 0.25) is 0 Å². The van der Waals surface area contributed by atoms with Crippen LogP contribution >= 0.6 is 0 Å². The van der Waals surface area contributed by atoms with E-state index >= 15 is 0 Å². The van der Waals surface area contributed by atoms with Crippen LogP contribution in [-0.4, -0.2) is 49.5 Å². The third-order valence-electron chi connectivity index (χ3n) is 8.37. The standard InChI is InChI=1S/C27H37NO6/c1-5-33-25(30)21(26(31)34-6-2)15-28-23-14-22-20-9-7-16-13-17(32-4)8-10-18(16)19(20)11-12-27(22,3)24(23)29/h8,10,13,15,19-20,22-24,28-29H,5-7,9,11-12,14H2,1-4H3/t19-,20-,22+,23-,24-,27+/m1/s1. The summed E-state index contributed by atoms with van der Waals surface area (Å²) >= 11 is 0. The molecule has 186 valence electrons. The highest BCUT2D eigenvalue weighted by molar-refractivity contribution is 6.13. The van der Waals surface area contributed by atoms with Crippen molar-refractivity contribution in [1.82, 2.24) is 5.32 Å². The van der Waals surface area contributed by atoms with Gasteiger partial charge in [0.05, 0.1) is 32.5 Å². The molecule has 34 heavy (non-hydrogen) atoms. The van der Waals surface area contributed by atoms with Crippen LogP contribution in [-0.2, 0) is 25.5 Å². The van der Waals surface area contributed by atoms with Gasteiger partial charge in [-0.15, -0.1) is 0 Å². The second kappa shape index (κ2) is 9.98. The topological polar surface area (TPSA) is 94.1 Å². The Hall–Kier alpha value is -2.54. The fraction of sp³-hybridized carbons (Fsp3) is 0.630. The normalized spacial score (nSPS) is 31.4. The molecular formula is C27H37NO6. The Bertz CT molecular complexity index is 938. The van der Waals surface area contributed by atoms with E-state index in [1.165, 1.54) is 17.3 Å². The number of nitrogens with one attached hydrogen (secondary N) is 1. The molecule has 7 nitrogen and oxygen atoms in total. The van der Waals surface area contributed by atoms with E-state index in [4.69, 9.17) is 14.2 Å². The maximum Gasteiger partial charge on any atom is 0.347 e. The van der Waals surface area contributed by atoms with Crippen molar-refractivity contribution >= 4 is 11.9 Å². The van der Waals surface area contributed by atoms with Crippen LogP contribution in [0.15, 0.2) is 30.0 Å². The average Bonchev–Trinajstić information content (AvgIpc) is 3.09. The molecule has 2 saturated carbocycles. The van der Waals surface area contributed by atoms with Gasteiger partial charge < -0.3 is 24.6 Å². The number of aryl methyl sites for hydroxylation is 1. The molecule has 6 atom stereocenters. The largest absolute Gasteiger partial charge is 0.497 e. The summed E-state index contributed by atoms with van der Waals surface area (Å²) in [6, 6.07) is 6.21. The van der Waals surface area contributed by atoms with E-state index < -0.39 is 18.0 Å². The maximum atomic E-state index is 12.3. The molecule has 0 unspecified atom stereocenters. The maximum absolute atomic E-state index is 12.3. The van der Waals surface area contributed by atoms with E-state index in [0.29, 0.717) is 17.8 Å². The van der Waals surface area contributed by atoms with Gasteiger partial charge in [0.25, 0.3) is 0 Å². The van der Waals surface area contributed by atoms with Crippen LogP contribution in [0.4, 0.5) is 0 Å². The van der Waals surface area contributed by atoms with Crippen molar-refractivity contribution < 1.29 is 28.9 Å². The van der Waals surface area contributed by atoms with Crippen LogP contribution in [0, 0.1) is 17.3 Å². The number of methoxy groups -OCH3 is 1. The fourth-order valence-electron chi connectivity index (χ4n) is 6.68. The van der Waals surface area contributed by atoms with Crippen molar-refractivity contribution in [1.29, 1.82) is 0 Å². The molecule has 0 saturated heterocycles. The van der Waals surface area contributed by atoms with Crippen molar-refractivity contribution in [2.24, 2.45) is 17.3 Å². The van der Waals surface area contributed by atoms with Gasteiger partial charge in [0.2, 0.25) is 0 Å². The molecule has 1 aromatic rings. The van der Waals surface area contributed by atoms with Crippen LogP contribution in [0.25, 0.3) is 0 Å². The minimum Gasteiger partial charge on any atom is -0.497 e. The quantitative estimate of drug-likeness (QED) is 0.272. The smallest absolute Gasteiger partial charge is 0.347 e. The first kappa shape index (κ1) is 24.6. The minimum atomic E-state index is -0.719. The first-order valence-electron chi connectivity index (χ1n) is 12.5. The second-order valence-electron chi connectivity index (χ2n) is 9.98. The van der Waals surface area contributed by atoms with Gasteiger partial charge in [0, 0.05) is 6.20 Å². The van der Waals surface area contributed by atoms with E-state index in [9.17, 15) is 14.7 Å². The summed E-state index contributed by atoms with van der Waals surface area (Å²) in [6.45, 7) is 5.91. The van der Waals surface area contributed by atoms with E-state index in [-0.39, 0.29) is 30.2 Å². The Balaban J connectivity index is 1.54. The van der Waals surface area contributed by atoms with Gasteiger partial charge in [-0.25, -0.2) is 9.59 Å². The number of hydrogen-bond acceptors (Lipinski definition) is 7. The lowest BCUT2D eigenvalue weighted by Gasteiger charge is -2.50. The van der Waals surface area contributed by atoms with E-state index in [0.717, 1.165) is 37.9 Å². The molecule has 0 spiro atoms. The van der Waals surface area contributed by atoms with Crippen LogP contribution in [0.5, 0.6) is 5.75 Å². The summed E-state index contributed by atoms with van der Waals surface area (Å²) in [5.41, 5.74) is 2.44. The summed E-state index contributed by atoms with van der Waals surface area (Å²) in [6.07, 6.45) is 5.70. The van der Waals surface area contributed by atoms with Gasteiger partial charge in [-0.1, -0.05) is 13.0 Å². The minimum absolute atomic E-state index is 0.165. The molecule has 0 bridgehead atoms. The highest BCUT2D eigenvalue weighted by Crippen LogP contribution is 2.61.